The van der Waals surface area contributed by atoms with E-state index in [1.807, 2.05) is 30.3 Å². The summed E-state index contributed by atoms with van der Waals surface area (Å²) in [4.78, 5) is 39.6. The van der Waals surface area contributed by atoms with Crippen molar-refractivity contribution in [2.45, 2.75) is 32.9 Å². The maximum Gasteiger partial charge on any atom is 0.271 e. The number of hydrogen-bond acceptors (Lipinski definition) is 7. The van der Waals surface area contributed by atoms with E-state index in [-0.39, 0.29) is 24.3 Å². The SMILES string of the molecule is CCNC(=O)[C@H](Cc1ccccc1)N(Cc1cccc(OC)c1)C(=O)CN(c1cc([N+](=O)[O-])ccc1C)S(C)(=O)=O. The van der Waals surface area contributed by atoms with Crippen molar-refractivity contribution in [2.75, 3.05) is 30.8 Å². The van der Waals surface area contributed by atoms with Crippen LogP contribution in [-0.4, -0.2) is 62.6 Å². The third-order valence-corrected chi connectivity index (χ3v) is 7.59. The van der Waals surface area contributed by atoms with Crippen LogP contribution in [0, 0.1) is 17.0 Å². The number of nitrogens with one attached hydrogen (secondary N) is 1. The zero-order valence-electron chi connectivity index (χ0n) is 23.4. The van der Waals surface area contributed by atoms with Gasteiger partial charge in [0.25, 0.3) is 5.69 Å². The number of likely N-dealkylation sites (N-methyl/N-ethyl adjacent to an activating group) is 1. The van der Waals surface area contributed by atoms with E-state index in [4.69, 9.17) is 4.74 Å². The molecule has 0 radical (unpaired) electrons. The quantitative estimate of drug-likeness (QED) is 0.241. The topological polar surface area (TPSA) is 139 Å². The Hall–Kier alpha value is -4.45. The molecule has 0 heterocycles. The fourth-order valence-corrected chi connectivity index (χ4v) is 5.29. The summed E-state index contributed by atoms with van der Waals surface area (Å²) in [5.41, 5.74) is 1.59. The van der Waals surface area contributed by atoms with Crippen molar-refractivity contribution in [2.24, 2.45) is 0 Å². The van der Waals surface area contributed by atoms with Gasteiger partial charge in [-0.2, -0.15) is 0 Å². The monoisotopic (exact) mass is 582 g/mol. The molecule has 1 atom stereocenters. The lowest BCUT2D eigenvalue weighted by molar-refractivity contribution is -0.384. The summed E-state index contributed by atoms with van der Waals surface area (Å²) in [5, 5.41) is 14.2. The van der Waals surface area contributed by atoms with Crippen LogP contribution in [0.3, 0.4) is 0 Å². The number of non-ortho nitro benzene ring substituents is 1. The van der Waals surface area contributed by atoms with Crippen molar-refractivity contribution in [1.29, 1.82) is 0 Å². The van der Waals surface area contributed by atoms with Crippen LogP contribution in [0.5, 0.6) is 5.75 Å². The van der Waals surface area contributed by atoms with Gasteiger partial charge in [-0.15, -0.1) is 0 Å². The standard InChI is InChI=1S/C29H34N4O7S/c1-5-30-29(35)27(17-22-10-7-6-8-11-22)31(19-23-12-9-13-25(16-23)40-3)28(34)20-32(41(4,38)39)26-18-24(33(36)37)15-14-21(26)2/h6-16,18,27H,5,17,19-20H2,1-4H3,(H,30,35)/t27-/m0/s1. The second kappa shape index (κ2) is 13.8. The van der Waals surface area contributed by atoms with Gasteiger partial charge in [0.1, 0.15) is 18.3 Å². The number of methoxy groups -OCH3 is 1. The number of carbonyl (C=O) groups is 2. The lowest BCUT2D eigenvalue weighted by Gasteiger charge is -2.33. The van der Waals surface area contributed by atoms with E-state index < -0.39 is 39.3 Å². The first-order valence-electron chi connectivity index (χ1n) is 12.9. The van der Waals surface area contributed by atoms with Gasteiger partial charge in [-0.1, -0.05) is 48.5 Å². The zero-order chi connectivity index (χ0) is 30.2. The van der Waals surface area contributed by atoms with Crippen LogP contribution >= 0.6 is 0 Å². The van der Waals surface area contributed by atoms with Crippen molar-refractivity contribution in [3.8, 4) is 5.75 Å². The fraction of sp³-hybridized carbons (Fsp3) is 0.310. The molecule has 0 aliphatic carbocycles. The van der Waals surface area contributed by atoms with Crippen molar-refractivity contribution in [3.05, 3.63) is 99.6 Å². The van der Waals surface area contributed by atoms with Crippen molar-refractivity contribution >= 4 is 33.2 Å². The van der Waals surface area contributed by atoms with Crippen LogP contribution in [0.4, 0.5) is 11.4 Å². The van der Waals surface area contributed by atoms with E-state index in [9.17, 15) is 28.1 Å². The van der Waals surface area contributed by atoms with E-state index in [1.165, 1.54) is 24.1 Å². The van der Waals surface area contributed by atoms with Crippen LogP contribution in [-0.2, 0) is 32.6 Å². The molecule has 3 aromatic rings. The van der Waals surface area contributed by atoms with Crippen molar-refractivity contribution in [3.63, 3.8) is 0 Å². The Labute approximate surface area is 239 Å². The Kier molecular flexibility index (Phi) is 10.4. The number of nitro groups is 1. The summed E-state index contributed by atoms with van der Waals surface area (Å²) in [5.74, 6) is -0.501. The van der Waals surface area contributed by atoms with Crippen molar-refractivity contribution < 1.29 is 27.7 Å². The molecular weight excluding hydrogens is 548 g/mol. The number of sulfonamides is 1. The lowest BCUT2D eigenvalue weighted by atomic mass is 10.0. The van der Waals surface area contributed by atoms with Gasteiger partial charge < -0.3 is 15.0 Å². The summed E-state index contributed by atoms with van der Waals surface area (Å²) < 4.78 is 32.1. The smallest absolute Gasteiger partial charge is 0.271 e. The first-order chi connectivity index (χ1) is 19.4. The van der Waals surface area contributed by atoms with E-state index in [0.717, 1.165) is 22.2 Å². The Bertz CT molecular complexity index is 1500. The van der Waals surface area contributed by atoms with Gasteiger partial charge in [-0.05, 0) is 42.7 Å². The van der Waals surface area contributed by atoms with Gasteiger partial charge in [-0.25, -0.2) is 8.42 Å². The highest BCUT2D eigenvalue weighted by molar-refractivity contribution is 7.92. The molecule has 0 aliphatic heterocycles. The average molecular weight is 583 g/mol. The molecule has 0 unspecified atom stereocenters. The largest absolute Gasteiger partial charge is 0.497 e. The molecule has 0 aromatic heterocycles. The third-order valence-electron chi connectivity index (χ3n) is 6.46. The maximum atomic E-state index is 14.1. The van der Waals surface area contributed by atoms with Crippen LogP contribution in [0.2, 0.25) is 0 Å². The molecular formula is C29H34N4O7S. The third kappa shape index (κ3) is 8.27. The molecule has 218 valence electrons. The highest BCUT2D eigenvalue weighted by Gasteiger charge is 2.33. The molecule has 41 heavy (non-hydrogen) atoms. The highest BCUT2D eigenvalue weighted by atomic mass is 32.2. The Balaban J connectivity index is 2.10. The average Bonchev–Trinajstić information content (AvgIpc) is 2.94. The van der Waals surface area contributed by atoms with E-state index in [0.29, 0.717) is 23.4 Å². The minimum atomic E-state index is -4.07. The van der Waals surface area contributed by atoms with Gasteiger partial charge in [-0.3, -0.25) is 24.0 Å². The number of ether oxygens (including phenoxy) is 1. The van der Waals surface area contributed by atoms with Crippen LogP contribution in [0.25, 0.3) is 0 Å². The molecule has 3 rings (SSSR count). The predicted octanol–water partition coefficient (Wildman–Crippen LogP) is 3.45. The summed E-state index contributed by atoms with van der Waals surface area (Å²) >= 11 is 0. The molecule has 0 bridgehead atoms. The molecule has 12 heteroatoms. The summed E-state index contributed by atoms with van der Waals surface area (Å²) in [7, 11) is -2.55. The molecule has 0 saturated heterocycles. The van der Waals surface area contributed by atoms with Crippen LogP contribution in [0.15, 0.2) is 72.8 Å². The predicted molar refractivity (Wildman–Crippen MR) is 156 cm³/mol. The van der Waals surface area contributed by atoms with Crippen molar-refractivity contribution in [1.82, 2.24) is 10.2 Å². The van der Waals surface area contributed by atoms with E-state index in [1.54, 1.807) is 38.1 Å². The molecule has 1 N–H and O–H groups in total. The molecule has 0 fully saturated rings. The number of anilines is 1. The van der Waals surface area contributed by atoms with E-state index in [2.05, 4.69) is 5.32 Å². The number of nitrogens with zero attached hydrogens (tertiary/aromatic N) is 3. The normalized spacial score (nSPS) is 11.8. The van der Waals surface area contributed by atoms with Gasteiger partial charge in [0.05, 0.1) is 24.0 Å². The number of nitro benzene ring substituents is 1. The number of aryl methyl sites for hydroxylation is 1. The van der Waals surface area contributed by atoms with Crippen LogP contribution in [0.1, 0.15) is 23.6 Å². The molecule has 0 aliphatic rings. The Morgan fingerprint density at radius 1 is 1.02 bits per heavy atom. The maximum absolute atomic E-state index is 14.1. The number of carbonyl (C=O) groups excluding carboxylic acids is 2. The molecule has 3 aromatic carbocycles. The van der Waals surface area contributed by atoms with Gasteiger partial charge >= 0.3 is 0 Å². The number of hydrogen-bond donors (Lipinski definition) is 1. The minimum absolute atomic E-state index is 0.00833. The van der Waals surface area contributed by atoms with Gasteiger partial charge in [0.15, 0.2) is 0 Å². The van der Waals surface area contributed by atoms with E-state index >= 15 is 0 Å². The summed E-state index contributed by atoms with van der Waals surface area (Å²) in [6.07, 6.45) is 1.10. The first-order valence-corrected chi connectivity index (χ1v) is 14.8. The van der Waals surface area contributed by atoms with Gasteiger partial charge in [0, 0.05) is 31.6 Å². The second-order valence-corrected chi connectivity index (χ2v) is 11.4. The lowest BCUT2D eigenvalue weighted by Crippen LogP contribution is -2.53. The summed E-state index contributed by atoms with van der Waals surface area (Å²) in [6, 6.07) is 19.0. The van der Waals surface area contributed by atoms with Gasteiger partial charge in [0.2, 0.25) is 21.8 Å². The first kappa shape index (κ1) is 31.1. The van der Waals surface area contributed by atoms with Crippen LogP contribution < -0.4 is 14.4 Å². The highest BCUT2D eigenvalue weighted by Crippen LogP contribution is 2.28. The summed E-state index contributed by atoms with van der Waals surface area (Å²) in [6.45, 7) is 3.00. The Morgan fingerprint density at radius 2 is 1.71 bits per heavy atom. The zero-order valence-corrected chi connectivity index (χ0v) is 24.3. The Morgan fingerprint density at radius 3 is 2.32 bits per heavy atom. The molecule has 2 amide bonds. The number of rotatable bonds is 13. The molecule has 0 saturated carbocycles. The minimum Gasteiger partial charge on any atom is -0.497 e. The second-order valence-electron chi connectivity index (χ2n) is 9.47. The molecule has 0 spiro atoms. The number of benzene rings is 3. The number of amides is 2. The molecule has 11 nitrogen and oxygen atoms in total. The fourth-order valence-electron chi connectivity index (χ4n) is 4.39.